The molecule has 20 heavy (non-hydrogen) atoms. The standard InChI is InChI=1S/C16H25N3O/c1-3-9-16(2)10-14(13(11-17)15(18)20-16)19-12-7-5-4-6-8-12/h12H,3-10,18H2,1-2H3. The summed E-state index contributed by atoms with van der Waals surface area (Å²) < 4.78 is 5.79. The van der Waals surface area contributed by atoms with Gasteiger partial charge in [0.1, 0.15) is 17.2 Å². The predicted molar refractivity (Wildman–Crippen MR) is 80.1 cm³/mol. The molecule has 1 heterocycles. The molecule has 1 aliphatic heterocycles. The summed E-state index contributed by atoms with van der Waals surface area (Å²) in [6.07, 6.45) is 8.71. The van der Waals surface area contributed by atoms with Crippen LogP contribution < -0.4 is 5.73 Å². The van der Waals surface area contributed by atoms with Crippen LogP contribution in [0, 0.1) is 11.3 Å². The second-order valence-corrected chi connectivity index (χ2v) is 6.20. The van der Waals surface area contributed by atoms with Crippen LogP contribution in [0.2, 0.25) is 0 Å². The Morgan fingerprint density at radius 2 is 2.10 bits per heavy atom. The van der Waals surface area contributed by atoms with Crippen LogP contribution in [0.25, 0.3) is 0 Å². The van der Waals surface area contributed by atoms with Crippen molar-refractivity contribution < 1.29 is 4.74 Å². The number of ether oxygens (including phenoxy) is 1. The van der Waals surface area contributed by atoms with Gasteiger partial charge in [0.15, 0.2) is 0 Å². The lowest BCUT2D eigenvalue weighted by molar-refractivity contribution is 0.00887. The predicted octanol–water partition coefficient (Wildman–Crippen LogP) is 3.43. The smallest absolute Gasteiger partial charge is 0.204 e. The molecule has 0 aromatic heterocycles. The summed E-state index contributed by atoms with van der Waals surface area (Å²) in [4.78, 5) is 4.85. The number of nitrogens with two attached hydrogens (primary N) is 1. The number of allylic oxidation sites excluding steroid dienone is 1. The second-order valence-electron chi connectivity index (χ2n) is 6.20. The fourth-order valence-electron chi connectivity index (χ4n) is 3.27. The van der Waals surface area contributed by atoms with E-state index < -0.39 is 0 Å². The van der Waals surface area contributed by atoms with E-state index in [4.69, 9.17) is 15.5 Å². The van der Waals surface area contributed by atoms with E-state index in [0.29, 0.717) is 18.0 Å². The Kier molecular flexibility index (Phi) is 4.69. The van der Waals surface area contributed by atoms with Crippen molar-refractivity contribution in [2.45, 2.75) is 76.9 Å². The van der Waals surface area contributed by atoms with E-state index in [1.165, 1.54) is 19.3 Å². The highest BCUT2D eigenvalue weighted by Crippen LogP contribution is 2.33. The van der Waals surface area contributed by atoms with Gasteiger partial charge in [0.2, 0.25) is 5.88 Å². The molecule has 0 bridgehead atoms. The molecule has 0 aromatic carbocycles. The van der Waals surface area contributed by atoms with E-state index in [0.717, 1.165) is 31.4 Å². The van der Waals surface area contributed by atoms with Gasteiger partial charge in [-0.05, 0) is 26.2 Å². The number of aliphatic imine (C=N–C) groups is 1. The molecule has 0 spiro atoms. The Morgan fingerprint density at radius 3 is 2.70 bits per heavy atom. The van der Waals surface area contributed by atoms with Gasteiger partial charge < -0.3 is 10.5 Å². The minimum absolute atomic E-state index is 0.254. The summed E-state index contributed by atoms with van der Waals surface area (Å²) in [5, 5.41) is 9.31. The molecule has 110 valence electrons. The fourth-order valence-corrected chi connectivity index (χ4v) is 3.27. The maximum Gasteiger partial charge on any atom is 0.204 e. The van der Waals surface area contributed by atoms with Crippen LogP contribution in [0.1, 0.15) is 65.2 Å². The van der Waals surface area contributed by atoms with Crippen molar-refractivity contribution in [1.82, 2.24) is 0 Å². The van der Waals surface area contributed by atoms with Crippen molar-refractivity contribution in [2.75, 3.05) is 0 Å². The number of nitriles is 1. The van der Waals surface area contributed by atoms with Gasteiger partial charge in [-0.1, -0.05) is 32.6 Å². The molecule has 1 atom stereocenters. The lowest BCUT2D eigenvalue weighted by Crippen LogP contribution is -2.39. The zero-order valence-electron chi connectivity index (χ0n) is 12.6. The highest BCUT2D eigenvalue weighted by Gasteiger charge is 2.35. The van der Waals surface area contributed by atoms with Crippen LogP contribution in [0.4, 0.5) is 0 Å². The van der Waals surface area contributed by atoms with Gasteiger partial charge in [0.05, 0.1) is 11.8 Å². The molecule has 2 rings (SSSR count). The minimum Gasteiger partial charge on any atom is -0.472 e. The van der Waals surface area contributed by atoms with Crippen LogP contribution >= 0.6 is 0 Å². The number of rotatable bonds is 3. The number of nitrogens with zero attached hydrogens (tertiary/aromatic N) is 2. The third-order valence-corrected chi connectivity index (χ3v) is 4.24. The maximum absolute atomic E-state index is 9.31. The lowest BCUT2D eigenvalue weighted by Gasteiger charge is -2.35. The molecule has 1 saturated carbocycles. The first-order chi connectivity index (χ1) is 9.58. The first-order valence-electron chi connectivity index (χ1n) is 7.74. The lowest BCUT2D eigenvalue weighted by atomic mass is 9.88. The summed E-state index contributed by atoms with van der Waals surface area (Å²) in [5.74, 6) is 0.254. The Hall–Kier alpha value is -1.50. The zero-order chi connectivity index (χ0) is 14.6. The molecule has 1 fully saturated rings. The van der Waals surface area contributed by atoms with E-state index in [1.54, 1.807) is 0 Å². The molecule has 2 aliphatic rings. The third-order valence-electron chi connectivity index (χ3n) is 4.24. The summed E-state index contributed by atoms with van der Waals surface area (Å²) in [7, 11) is 0. The van der Waals surface area contributed by atoms with Gasteiger partial charge in [-0.15, -0.1) is 0 Å². The SMILES string of the molecule is CCCC1(C)CC(=NC2CCCCC2)C(C#N)=C(N)O1. The van der Waals surface area contributed by atoms with Gasteiger partial charge in [0.25, 0.3) is 0 Å². The van der Waals surface area contributed by atoms with Crippen molar-refractivity contribution >= 4 is 5.71 Å². The Labute approximate surface area is 121 Å². The van der Waals surface area contributed by atoms with Crippen molar-refractivity contribution in [3.8, 4) is 6.07 Å². The van der Waals surface area contributed by atoms with E-state index in [2.05, 4.69) is 19.9 Å². The van der Waals surface area contributed by atoms with Gasteiger partial charge in [0, 0.05) is 6.42 Å². The average Bonchev–Trinajstić information content (AvgIpc) is 2.39. The molecule has 4 nitrogen and oxygen atoms in total. The second kappa shape index (κ2) is 6.30. The van der Waals surface area contributed by atoms with E-state index in [9.17, 15) is 5.26 Å². The average molecular weight is 275 g/mol. The maximum atomic E-state index is 9.31. The van der Waals surface area contributed by atoms with Crippen molar-refractivity contribution in [3.63, 3.8) is 0 Å². The zero-order valence-corrected chi connectivity index (χ0v) is 12.6. The summed E-state index contributed by atoms with van der Waals surface area (Å²) in [6.45, 7) is 4.19. The Balaban J connectivity index is 2.25. The first-order valence-corrected chi connectivity index (χ1v) is 7.74. The highest BCUT2D eigenvalue weighted by molar-refractivity contribution is 6.05. The van der Waals surface area contributed by atoms with Crippen LogP contribution in [0.15, 0.2) is 16.4 Å². The normalized spacial score (nSPS) is 30.1. The molecule has 4 heteroatoms. The highest BCUT2D eigenvalue weighted by atomic mass is 16.5. The minimum atomic E-state index is -0.313. The van der Waals surface area contributed by atoms with Gasteiger partial charge in [-0.3, -0.25) is 4.99 Å². The molecule has 0 aromatic rings. The number of hydrogen-bond donors (Lipinski definition) is 1. The van der Waals surface area contributed by atoms with Crippen LogP contribution in [0.3, 0.4) is 0 Å². The molecule has 2 N–H and O–H groups in total. The molecule has 0 saturated heterocycles. The summed E-state index contributed by atoms with van der Waals surface area (Å²) in [6, 6.07) is 2.53. The van der Waals surface area contributed by atoms with Crippen LogP contribution in [-0.4, -0.2) is 17.4 Å². The Bertz CT molecular complexity index is 455. The van der Waals surface area contributed by atoms with E-state index in [-0.39, 0.29) is 11.5 Å². The molecule has 1 unspecified atom stereocenters. The molecule has 1 aliphatic carbocycles. The molecular weight excluding hydrogens is 250 g/mol. The molecule has 0 amide bonds. The monoisotopic (exact) mass is 275 g/mol. The third kappa shape index (κ3) is 3.33. The van der Waals surface area contributed by atoms with Crippen LogP contribution in [-0.2, 0) is 4.74 Å². The van der Waals surface area contributed by atoms with Gasteiger partial charge >= 0.3 is 0 Å². The van der Waals surface area contributed by atoms with E-state index in [1.807, 2.05) is 0 Å². The largest absolute Gasteiger partial charge is 0.472 e. The van der Waals surface area contributed by atoms with Gasteiger partial charge in [-0.25, -0.2) is 0 Å². The first kappa shape index (κ1) is 14.9. The molecular formula is C16H25N3O. The molecule has 0 radical (unpaired) electrons. The summed E-state index contributed by atoms with van der Waals surface area (Å²) in [5.41, 5.74) is 6.94. The topological polar surface area (TPSA) is 71.4 Å². The van der Waals surface area contributed by atoms with E-state index >= 15 is 0 Å². The summed E-state index contributed by atoms with van der Waals surface area (Å²) >= 11 is 0. The number of hydrogen-bond acceptors (Lipinski definition) is 4. The van der Waals surface area contributed by atoms with Crippen LogP contribution in [0.5, 0.6) is 0 Å². The van der Waals surface area contributed by atoms with Crippen molar-refractivity contribution in [2.24, 2.45) is 10.7 Å². The quantitative estimate of drug-likeness (QED) is 0.857. The van der Waals surface area contributed by atoms with Gasteiger partial charge in [-0.2, -0.15) is 5.26 Å². The van der Waals surface area contributed by atoms with Crippen molar-refractivity contribution in [1.29, 1.82) is 5.26 Å². The fraction of sp³-hybridized carbons (Fsp3) is 0.750. The van der Waals surface area contributed by atoms with Crippen molar-refractivity contribution in [3.05, 3.63) is 11.5 Å². The Morgan fingerprint density at radius 1 is 1.40 bits per heavy atom.